The molecule has 0 aromatic heterocycles. The predicted octanol–water partition coefficient (Wildman–Crippen LogP) is 4.57. The van der Waals surface area contributed by atoms with Crippen LogP contribution in [0.25, 0.3) is 6.08 Å². The van der Waals surface area contributed by atoms with E-state index in [0.29, 0.717) is 40.5 Å². The lowest BCUT2D eigenvalue weighted by atomic mass is 9.99. The van der Waals surface area contributed by atoms with Crippen molar-refractivity contribution in [1.29, 1.82) is 0 Å². The van der Waals surface area contributed by atoms with Gasteiger partial charge in [-0.25, -0.2) is 0 Å². The third-order valence-corrected chi connectivity index (χ3v) is 5.25. The molecule has 0 fully saturated rings. The fourth-order valence-electron chi connectivity index (χ4n) is 3.60. The fraction of sp³-hybridized carbons (Fsp3) is 0.375. The monoisotopic (exact) mass is 411 g/mol. The lowest BCUT2D eigenvalue weighted by Crippen LogP contribution is -2.19. The molecule has 0 amide bonds. The Morgan fingerprint density at radius 2 is 1.90 bits per heavy atom. The van der Waals surface area contributed by atoms with Gasteiger partial charge < -0.3 is 24.2 Å². The number of aryl methyl sites for hydroxylation is 1. The molecule has 0 spiro atoms. The van der Waals surface area contributed by atoms with E-state index in [4.69, 9.17) is 14.2 Å². The predicted molar refractivity (Wildman–Crippen MR) is 117 cm³/mol. The molecule has 1 N–H and O–H groups in total. The summed E-state index contributed by atoms with van der Waals surface area (Å²) in [6, 6.07) is 7.04. The molecule has 0 bridgehead atoms. The molecule has 1 aliphatic heterocycles. The second-order valence-corrected chi connectivity index (χ2v) is 7.54. The van der Waals surface area contributed by atoms with Gasteiger partial charge in [-0.1, -0.05) is 19.4 Å². The number of allylic oxidation sites excluding steroid dienone is 1. The van der Waals surface area contributed by atoms with Crippen LogP contribution in [-0.2, 0) is 6.54 Å². The zero-order chi connectivity index (χ0) is 21.8. The Morgan fingerprint density at radius 3 is 2.57 bits per heavy atom. The van der Waals surface area contributed by atoms with E-state index in [0.717, 1.165) is 24.9 Å². The molecule has 2 aromatic carbocycles. The Hall–Kier alpha value is -2.99. The van der Waals surface area contributed by atoms with Crippen molar-refractivity contribution in [3.05, 3.63) is 52.3 Å². The highest BCUT2D eigenvalue weighted by Gasteiger charge is 2.33. The van der Waals surface area contributed by atoms with Crippen molar-refractivity contribution in [2.24, 2.45) is 0 Å². The van der Waals surface area contributed by atoms with Crippen LogP contribution in [0.5, 0.6) is 23.0 Å². The van der Waals surface area contributed by atoms with Crippen molar-refractivity contribution in [2.75, 3.05) is 27.8 Å². The molecule has 2 aromatic rings. The summed E-state index contributed by atoms with van der Waals surface area (Å²) in [5.74, 6) is 1.82. The normalized spacial score (nSPS) is 14.2. The number of ketones is 1. The first-order chi connectivity index (χ1) is 14.4. The van der Waals surface area contributed by atoms with E-state index >= 15 is 0 Å². The Kier molecular flexibility index (Phi) is 6.67. The minimum Gasteiger partial charge on any atom is -0.507 e. The number of hydrogen-bond acceptors (Lipinski definition) is 6. The van der Waals surface area contributed by atoms with Crippen LogP contribution in [0.1, 0.15) is 46.8 Å². The molecule has 6 heteroatoms. The molecule has 0 radical (unpaired) electrons. The third kappa shape index (κ3) is 4.28. The van der Waals surface area contributed by atoms with E-state index in [1.54, 1.807) is 38.5 Å². The van der Waals surface area contributed by atoms with Crippen molar-refractivity contribution in [1.82, 2.24) is 4.90 Å². The lowest BCUT2D eigenvalue weighted by Gasteiger charge is -2.19. The molecule has 0 aliphatic carbocycles. The van der Waals surface area contributed by atoms with Crippen LogP contribution in [0.4, 0.5) is 0 Å². The van der Waals surface area contributed by atoms with Crippen LogP contribution in [0, 0.1) is 6.92 Å². The van der Waals surface area contributed by atoms with Gasteiger partial charge in [-0.2, -0.15) is 0 Å². The number of Topliss-reactive ketones (excluding diaryl/α,β-unsaturated/α-hetero) is 1. The van der Waals surface area contributed by atoms with E-state index < -0.39 is 0 Å². The molecule has 3 rings (SSSR count). The van der Waals surface area contributed by atoms with Crippen LogP contribution in [0.15, 0.2) is 30.0 Å². The molecule has 0 atom stereocenters. The quantitative estimate of drug-likeness (QED) is 0.642. The number of ether oxygens (including phenoxy) is 3. The number of benzene rings is 2. The number of phenolic OH excluding ortho intramolecular Hbond substituents is 1. The second kappa shape index (κ2) is 9.22. The Balaban J connectivity index is 1.96. The minimum absolute atomic E-state index is 0.148. The maximum Gasteiger partial charge on any atom is 0.232 e. The molecule has 6 nitrogen and oxygen atoms in total. The maximum absolute atomic E-state index is 13.1. The van der Waals surface area contributed by atoms with Crippen LogP contribution in [0.2, 0.25) is 0 Å². The van der Waals surface area contributed by atoms with Gasteiger partial charge in [0.25, 0.3) is 0 Å². The number of hydrogen-bond donors (Lipinski definition) is 1. The number of rotatable bonds is 8. The van der Waals surface area contributed by atoms with Gasteiger partial charge in [0.2, 0.25) is 5.78 Å². The first-order valence-corrected chi connectivity index (χ1v) is 10.1. The van der Waals surface area contributed by atoms with E-state index in [1.165, 1.54) is 0 Å². The Bertz CT molecular complexity index is 980. The van der Waals surface area contributed by atoms with Crippen LogP contribution >= 0.6 is 0 Å². The largest absolute Gasteiger partial charge is 0.507 e. The van der Waals surface area contributed by atoms with Crippen LogP contribution in [0.3, 0.4) is 0 Å². The standard InChI is InChI=1S/C24H29NO5/c1-6-7-10-25(3)14-17-18(26)11-15(2)22-23(27)21(30-24(17)22)13-16-8-9-19(28-4)20(12-16)29-5/h8-9,11-13,26H,6-7,10,14H2,1-5H3/b21-13-. The van der Waals surface area contributed by atoms with E-state index in [1.807, 2.05) is 20.0 Å². The molecule has 0 unspecified atom stereocenters. The highest BCUT2D eigenvalue weighted by atomic mass is 16.5. The number of nitrogens with zero attached hydrogens (tertiary/aromatic N) is 1. The van der Waals surface area contributed by atoms with E-state index in [-0.39, 0.29) is 17.3 Å². The number of phenols is 1. The van der Waals surface area contributed by atoms with Crippen molar-refractivity contribution in [3.63, 3.8) is 0 Å². The van der Waals surface area contributed by atoms with Crippen LogP contribution < -0.4 is 14.2 Å². The van der Waals surface area contributed by atoms with Gasteiger partial charge in [-0.15, -0.1) is 0 Å². The molecular formula is C24H29NO5. The van der Waals surface area contributed by atoms with Crippen molar-refractivity contribution in [2.45, 2.75) is 33.2 Å². The SMILES string of the molecule is CCCCN(C)Cc1c(O)cc(C)c2c1O/C(=C\c1ccc(OC)c(OC)c1)C2=O. The third-order valence-electron chi connectivity index (χ3n) is 5.25. The molecule has 1 aliphatic rings. The molecule has 160 valence electrons. The number of carbonyl (C=O) groups excluding carboxylic acids is 1. The lowest BCUT2D eigenvalue weighted by molar-refractivity contribution is 0.101. The van der Waals surface area contributed by atoms with Gasteiger partial charge >= 0.3 is 0 Å². The van der Waals surface area contributed by atoms with Crippen molar-refractivity contribution in [3.8, 4) is 23.0 Å². The zero-order valence-electron chi connectivity index (χ0n) is 18.2. The van der Waals surface area contributed by atoms with Gasteiger partial charge in [-0.05, 0) is 62.3 Å². The zero-order valence-corrected chi connectivity index (χ0v) is 18.2. The summed E-state index contributed by atoms with van der Waals surface area (Å²) in [4.78, 5) is 15.2. The highest BCUT2D eigenvalue weighted by Crippen LogP contribution is 2.42. The average Bonchev–Trinajstić information content (AvgIpc) is 3.05. The molecule has 0 saturated heterocycles. The molecule has 30 heavy (non-hydrogen) atoms. The number of carbonyl (C=O) groups is 1. The van der Waals surface area contributed by atoms with Gasteiger partial charge in [-0.3, -0.25) is 4.79 Å². The van der Waals surface area contributed by atoms with Crippen molar-refractivity contribution < 1.29 is 24.1 Å². The summed E-state index contributed by atoms with van der Waals surface area (Å²) in [5, 5.41) is 10.6. The van der Waals surface area contributed by atoms with E-state index in [9.17, 15) is 9.90 Å². The first-order valence-electron chi connectivity index (χ1n) is 10.1. The summed E-state index contributed by atoms with van der Waals surface area (Å²) in [7, 11) is 5.14. The van der Waals surface area contributed by atoms with Crippen molar-refractivity contribution >= 4 is 11.9 Å². The fourth-order valence-corrected chi connectivity index (χ4v) is 3.60. The number of unbranched alkanes of at least 4 members (excludes halogenated alkanes) is 1. The Morgan fingerprint density at radius 1 is 1.17 bits per heavy atom. The smallest absolute Gasteiger partial charge is 0.232 e. The number of methoxy groups -OCH3 is 2. The summed E-state index contributed by atoms with van der Waals surface area (Å²) in [6.45, 7) is 5.36. The minimum atomic E-state index is -0.185. The van der Waals surface area contributed by atoms with Gasteiger partial charge in [0.05, 0.1) is 25.3 Å². The van der Waals surface area contributed by atoms with Crippen LogP contribution in [-0.4, -0.2) is 43.6 Å². The summed E-state index contributed by atoms with van der Waals surface area (Å²) < 4.78 is 16.6. The van der Waals surface area contributed by atoms with Gasteiger partial charge in [0.1, 0.15) is 11.5 Å². The highest BCUT2D eigenvalue weighted by molar-refractivity contribution is 6.15. The first kappa shape index (κ1) is 21.7. The Labute approximate surface area is 177 Å². The maximum atomic E-state index is 13.1. The van der Waals surface area contributed by atoms with Gasteiger partial charge in [0.15, 0.2) is 17.3 Å². The molecular weight excluding hydrogens is 382 g/mol. The molecule has 1 heterocycles. The number of aromatic hydroxyl groups is 1. The molecule has 0 saturated carbocycles. The summed E-state index contributed by atoms with van der Waals surface area (Å²) in [5.41, 5.74) is 2.60. The average molecular weight is 411 g/mol. The topological polar surface area (TPSA) is 68.2 Å². The van der Waals surface area contributed by atoms with E-state index in [2.05, 4.69) is 11.8 Å². The van der Waals surface area contributed by atoms with Gasteiger partial charge in [0, 0.05) is 6.54 Å². The summed E-state index contributed by atoms with van der Waals surface area (Å²) >= 11 is 0. The number of fused-ring (bicyclic) bond motifs is 1. The second-order valence-electron chi connectivity index (χ2n) is 7.54. The summed E-state index contributed by atoms with van der Waals surface area (Å²) in [6.07, 6.45) is 3.84.